The van der Waals surface area contributed by atoms with Gasteiger partial charge in [-0.1, -0.05) is 23.7 Å². The third-order valence-electron chi connectivity index (χ3n) is 7.13. The van der Waals surface area contributed by atoms with Gasteiger partial charge < -0.3 is 20.5 Å². The molecule has 42 heavy (non-hydrogen) atoms. The summed E-state index contributed by atoms with van der Waals surface area (Å²) in [5, 5.41) is 16.5. The number of carbonyl (C=O) groups is 4. The highest BCUT2D eigenvalue weighted by Gasteiger charge is 2.50. The molecular weight excluding hydrogens is 574 g/mol. The van der Waals surface area contributed by atoms with Crippen molar-refractivity contribution in [2.24, 2.45) is 0 Å². The van der Waals surface area contributed by atoms with Crippen molar-refractivity contribution in [1.29, 1.82) is 0 Å². The molecule has 2 aliphatic heterocycles. The number of carboxylic acid groups (broad SMARTS) is 1. The monoisotopic (exact) mass is 598 g/mol. The smallest absolute Gasteiger partial charge is 0.422 e. The Hall–Kier alpha value is -4.55. The van der Waals surface area contributed by atoms with Crippen LogP contribution in [-0.4, -0.2) is 48.2 Å². The van der Waals surface area contributed by atoms with Crippen LogP contribution < -0.4 is 20.9 Å². The van der Waals surface area contributed by atoms with Gasteiger partial charge in [0, 0.05) is 24.2 Å². The van der Waals surface area contributed by atoms with E-state index in [9.17, 15) is 23.6 Å². The molecule has 1 spiro atoms. The van der Waals surface area contributed by atoms with E-state index in [4.69, 9.17) is 21.4 Å². The topological polar surface area (TPSA) is 137 Å². The fourth-order valence-electron chi connectivity index (χ4n) is 5.23. The first-order chi connectivity index (χ1) is 20.1. The first-order valence-electron chi connectivity index (χ1n) is 13.0. The number of rotatable bonds is 6. The van der Waals surface area contributed by atoms with Gasteiger partial charge in [0.15, 0.2) is 11.4 Å². The molecule has 3 aromatic carbocycles. The van der Waals surface area contributed by atoms with E-state index in [2.05, 4.69) is 16.0 Å². The van der Waals surface area contributed by atoms with E-state index >= 15 is 4.39 Å². The first-order valence-corrected chi connectivity index (χ1v) is 13.4. The average molecular weight is 599 g/mol. The van der Waals surface area contributed by atoms with E-state index in [-0.39, 0.29) is 40.5 Å². The third kappa shape index (κ3) is 5.76. The highest BCUT2D eigenvalue weighted by molar-refractivity contribution is 6.31. The maximum atomic E-state index is 15.6. The minimum Gasteiger partial charge on any atom is -0.465 e. The van der Waals surface area contributed by atoms with Crippen LogP contribution in [-0.2, 0) is 21.6 Å². The Labute approximate surface area is 243 Å². The number of piperidine rings is 1. The zero-order valence-electron chi connectivity index (χ0n) is 22.0. The van der Waals surface area contributed by atoms with Crippen LogP contribution in [0.15, 0.2) is 60.7 Å². The first kappa shape index (κ1) is 29.0. The van der Waals surface area contributed by atoms with Crippen molar-refractivity contribution in [1.82, 2.24) is 10.6 Å². The highest BCUT2D eigenvalue weighted by Crippen LogP contribution is 2.46. The molecule has 0 unspecified atom stereocenters. The molecule has 10 nitrogen and oxygen atoms in total. The number of imide groups is 1. The fraction of sp³-hybridized carbons (Fsp3) is 0.241. The van der Waals surface area contributed by atoms with Gasteiger partial charge in [0.1, 0.15) is 11.9 Å². The van der Waals surface area contributed by atoms with Crippen molar-refractivity contribution in [2.75, 3.05) is 23.3 Å². The van der Waals surface area contributed by atoms with Crippen LogP contribution in [0, 0.1) is 11.6 Å². The lowest BCUT2D eigenvalue weighted by atomic mass is 9.83. The largest absolute Gasteiger partial charge is 0.465 e. The van der Waals surface area contributed by atoms with Gasteiger partial charge in [-0.05, 0) is 73.5 Å². The van der Waals surface area contributed by atoms with Gasteiger partial charge in [0.25, 0.3) is 11.8 Å². The number of ether oxygens (including phenoxy) is 1. The zero-order valence-corrected chi connectivity index (χ0v) is 22.7. The molecule has 1 saturated heterocycles. The van der Waals surface area contributed by atoms with Crippen molar-refractivity contribution < 1.29 is 37.8 Å². The molecule has 4 N–H and O–H groups in total. The maximum absolute atomic E-state index is 15.6. The summed E-state index contributed by atoms with van der Waals surface area (Å²) in [7, 11) is 0. The van der Waals surface area contributed by atoms with E-state index in [1.807, 2.05) is 0 Å². The summed E-state index contributed by atoms with van der Waals surface area (Å²) in [4.78, 5) is 52.2. The van der Waals surface area contributed by atoms with Crippen LogP contribution in [0.2, 0.25) is 5.02 Å². The van der Waals surface area contributed by atoms with Crippen molar-refractivity contribution in [3.05, 3.63) is 94.0 Å². The highest BCUT2D eigenvalue weighted by atomic mass is 35.5. The van der Waals surface area contributed by atoms with E-state index in [0.717, 1.165) is 0 Å². The van der Waals surface area contributed by atoms with Gasteiger partial charge in [-0.2, -0.15) is 0 Å². The van der Waals surface area contributed by atoms with Gasteiger partial charge in [-0.15, -0.1) is 0 Å². The summed E-state index contributed by atoms with van der Waals surface area (Å²) >= 11 is 6.10. The van der Waals surface area contributed by atoms with Gasteiger partial charge in [0.05, 0.1) is 16.3 Å². The Morgan fingerprint density at radius 2 is 1.88 bits per heavy atom. The molecule has 0 radical (unpaired) electrons. The summed E-state index contributed by atoms with van der Waals surface area (Å²) in [6.07, 6.45) is -1.69. The molecule has 0 aromatic heterocycles. The standard InChI is InChI=1S/C29H25ClF2N4O6/c30-20-9-10-22-23(24(20)32)29(11-2-12-33-15-29)42-28(41)36(22)26(38)21(14-16-3-1-4-18(31)13-16)35-25(37)17-5-7-19(8-6-17)34-27(39)40/h1,3-10,13,21,33-34H,2,11-12,14-15H2,(H,35,37)(H,39,40)/t21-,29-/m0/s1. The number of halogens is 3. The second kappa shape index (κ2) is 11.7. The Kier molecular flexibility index (Phi) is 8.10. The molecule has 2 atom stereocenters. The molecule has 0 saturated carbocycles. The van der Waals surface area contributed by atoms with Crippen LogP contribution in [0.3, 0.4) is 0 Å². The van der Waals surface area contributed by atoms with Gasteiger partial charge >= 0.3 is 12.2 Å². The van der Waals surface area contributed by atoms with Crippen LogP contribution in [0.1, 0.15) is 34.3 Å². The van der Waals surface area contributed by atoms with Crippen LogP contribution in [0.4, 0.5) is 29.7 Å². The number of anilines is 2. The Morgan fingerprint density at radius 3 is 2.55 bits per heavy atom. The summed E-state index contributed by atoms with van der Waals surface area (Å²) in [6.45, 7) is 0.746. The Balaban J connectivity index is 1.51. The van der Waals surface area contributed by atoms with Crippen molar-refractivity contribution >= 4 is 47.0 Å². The molecule has 1 fully saturated rings. The van der Waals surface area contributed by atoms with E-state index in [1.54, 1.807) is 6.07 Å². The number of nitrogens with zero attached hydrogens (tertiary/aromatic N) is 1. The zero-order chi connectivity index (χ0) is 30.0. The van der Waals surface area contributed by atoms with Gasteiger partial charge in [-0.25, -0.2) is 23.3 Å². The molecule has 0 bridgehead atoms. The number of benzene rings is 3. The van der Waals surface area contributed by atoms with E-state index in [1.165, 1.54) is 54.6 Å². The van der Waals surface area contributed by atoms with Crippen molar-refractivity contribution in [3.63, 3.8) is 0 Å². The summed E-state index contributed by atoms with van der Waals surface area (Å²) in [6, 6.07) is 11.9. The normalized spacial score (nSPS) is 18.5. The molecule has 3 aromatic rings. The average Bonchev–Trinajstić information content (AvgIpc) is 2.95. The van der Waals surface area contributed by atoms with Crippen LogP contribution >= 0.6 is 11.6 Å². The predicted molar refractivity (Wildman–Crippen MR) is 149 cm³/mol. The number of amides is 4. The molecule has 5 rings (SSSR count). The summed E-state index contributed by atoms with van der Waals surface area (Å²) in [5.74, 6) is -3.07. The molecule has 4 amide bonds. The van der Waals surface area contributed by atoms with E-state index in [0.29, 0.717) is 29.8 Å². The number of carbonyl (C=O) groups excluding carboxylic acids is 3. The molecule has 13 heteroatoms. The minimum atomic E-state index is -1.42. The van der Waals surface area contributed by atoms with Crippen LogP contribution in [0.25, 0.3) is 0 Å². The van der Waals surface area contributed by atoms with Gasteiger partial charge in [0.2, 0.25) is 0 Å². The van der Waals surface area contributed by atoms with Crippen molar-refractivity contribution in [2.45, 2.75) is 30.9 Å². The second-order valence-corrected chi connectivity index (χ2v) is 10.3. The number of nitrogens with one attached hydrogen (secondary N) is 3. The van der Waals surface area contributed by atoms with Crippen molar-refractivity contribution in [3.8, 4) is 0 Å². The minimum absolute atomic E-state index is 0.0486. The Morgan fingerprint density at radius 1 is 1.12 bits per heavy atom. The number of hydrogen-bond donors (Lipinski definition) is 4. The molecule has 218 valence electrons. The molecule has 2 aliphatic rings. The van der Waals surface area contributed by atoms with E-state index < -0.39 is 47.3 Å². The van der Waals surface area contributed by atoms with Gasteiger partial charge in [-0.3, -0.25) is 14.9 Å². The molecular formula is C29H25ClF2N4O6. The molecule has 2 heterocycles. The lowest BCUT2D eigenvalue weighted by molar-refractivity contribution is -0.120. The second-order valence-electron chi connectivity index (χ2n) is 9.94. The number of hydrogen-bond acceptors (Lipinski definition) is 6. The van der Waals surface area contributed by atoms with Crippen LogP contribution in [0.5, 0.6) is 0 Å². The summed E-state index contributed by atoms with van der Waals surface area (Å²) in [5.41, 5.74) is -0.864. The third-order valence-corrected chi connectivity index (χ3v) is 7.42. The lowest BCUT2D eigenvalue weighted by Crippen LogP contribution is -2.58. The summed E-state index contributed by atoms with van der Waals surface area (Å²) < 4.78 is 35.3. The SMILES string of the molecule is O=C(O)Nc1ccc(C(=O)N[C@@H](Cc2cccc(F)c2)C(=O)N2C(=O)O[C@]3(CCCNC3)c3c2ccc(Cl)c3F)cc1. The maximum Gasteiger partial charge on any atom is 0.422 e. The lowest BCUT2D eigenvalue weighted by Gasteiger charge is -2.44. The fourth-order valence-corrected chi connectivity index (χ4v) is 5.39. The predicted octanol–water partition coefficient (Wildman–Crippen LogP) is 4.81. The Bertz CT molecular complexity index is 1560. The quantitative estimate of drug-likeness (QED) is 0.319. The molecule has 0 aliphatic carbocycles. The number of fused-ring (bicyclic) bond motifs is 2.